The van der Waals surface area contributed by atoms with E-state index in [1.54, 1.807) is 0 Å². The van der Waals surface area contributed by atoms with E-state index in [-0.39, 0.29) is 12.0 Å². The molecule has 0 aliphatic heterocycles. The number of halogens is 4. The van der Waals surface area contributed by atoms with Gasteiger partial charge in [0.2, 0.25) is 0 Å². The Morgan fingerprint density at radius 2 is 1.41 bits per heavy atom. The first-order valence-corrected chi connectivity index (χ1v) is 6.81. The van der Waals surface area contributed by atoms with Gasteiger partial charge >= 0.3 is 0 Å². The Morgan fingerprint density at radius 3 is 1.77 bits per heavy atom. The molecule has 0 radical (unpaired) electrons. The van der Waals surface area contributed by atoms with Crippen LogP contribution in [0.15, 0.2) is 0 Å². The molecule has 0 spiro atoms. The summed E-state index contributed by atoms with van der Waals surface area (Å²) >= 11 is 0. The second-order valence-electron chi connectivity index (χ2n) is 6.94. The van der Waals surface area contributed by atoms with Crippen LogP contribution < -0.4 is 0 Å². The zero-order valence-corrected chi connectivity index (χ0v) is 13.5. The monoisotopic (exact) mass is 318 g/mol. The Morgan fingerprint density at radius 1 is 1.00 bits per heavy atom. The summed E-state index contributed by atoms with van der Waals surface area (Å²) in [5, 5.41) is 0. The third kappa shape index (κ3) is 3.69. The van der Waals surface area contributed by atoms with E-state index in [1.165, 1.54) is 14.8 Å². The minimum Gasteiger partial charge on any atom is -0.376 e. The molecule has 0 aliphatic rings. The van der Waals surface area contributed by atoms with Gasteiger partial charge in [-0.15, -0.1) is 0 Å². The van der Waals surface area contributed by atoms with Gasteiger partial charge in [0.15, 0.2) is 36.9 Å². The maximum absolute atomic E-state index is 13.9. The number of hydrogen-bond acceptors (Lipinski definition) is 2. The summed E-state index contributed by atoms with van der Waals surface area (Å²) in [6.45, 7) is 7.87. The molecule has 0 saturated carbocycles. The van der Waals surface area contributed by atoms with Crippen molar-refractivity contribution < 1.29 is 27.1 Å². The zero-order chi connectivity index (χ0) is 17.5. The van der Waals surface area contributed by atoms with Crippen molar-refractivity contribution in [3.05, 3.63) is 34.4 Å². The van der Waals surface area contributed by atoms with E-state index in [0.717, 1.165) is 6.92 Å². The number of ketones is 1. The van der Waals surface area contributed by atoms with Crippen LogP contribution in [0.1, 0.15) is 43.6 Å². The molecule has 0 bridgehead atoms. The zero-order valence-electron chi connectivity index (χ0n) is 13.5. The second-order valence-corrected chi connectivity index (χ2v) is 6.94. The average molecular weight is 318 g/mol. The molecule has 0 aliphatic carbocycles. The summed E-state index contributed by atoms with van der Waals surface area (Å²) in [6.07, 6.45) is 0. The molecular formula is C15H19BF4O2. The SMILES string of the molecule is BC(C)(OCC(C)(C)C)C(=O)c1c(F)c(F)c(C)c(F)c1F. The van der Waals surface area contributed by atoms with Gasteiger partial charge in [0.25, 0.3) is 0 Å². The Hall–Kier alpha value is -1.37. The molecule has 1 unspecified atom stereocenters. The summed E-state index contributed by atoms with van der Waals surface area (Å²) in [7, 11) is 1.30. The molecule has 0 aromatic heterocycles. The van der Waals surface area contributed by atoms with Crippen LogP contribution in [-0.2, 0) is 4.74 Å². The molecule has 1 aromatic rings. The molecule has 1 rings (SSSR count). The van der Waals surface area contributed by atoms with E-state index >= 15 is 0 Å². The van der Waals surface area contributed by atoms with Gasteiger partial charge < -0.3 is 4.74 Å². The third-order valence-electron chi connectivity index (χ3n) is 3.12. The van der Waals surface area contributed by atoms with E-state index in [0.29, 0.717) is 0 Å². The molecule has 2 nitrogen and oxygen atoms in total. The molecule has 122 valence electrons. The number of benzene rings is 1. The van der Waals surface area contributed by atoms with Gasteiger partial charge in [-0.25, -0.2) is 17.6 Å². The standard InChI is InChI=1S/C15H19BF4O2/c1-7-9(17)11(19)8(12(20)10(7)18)13(21)15(5,16)22-6-14(2,3)4/h6,16H2,1-5H3. The van der Waals surface area contributed by atoms with E-state index in [4.69, 9.17) is 4.74 Å². The van der Waals surface area contributed by atoms with Crippen molar-refractivity contribution in [2.75, 3.05) is 6.61 Å². The highest BCUT2D eigenvalue weighted by Crippen LogP contribution is 2.28. The van der Waals surface area contributed by atoms with Crippen LogP contribution in [-0.4, -0.2) is 25.7 Å². The van der Waals surface area contributed by atoms with Crippen molar-refractivity contribution in [1.29, 1.82) is 0 Å². The van der Waals surface area contributed by atoms with E-state index in [9.17, 15) is 22.4 Å². The van der Waals surface area contributed by atoms with Gasteiger partial charge in [0.05, 0.1) is 17.7 Å². The van der Waals surface area contributed by atoms with E-state index < -0.39 is 45.7 Å². The van der Waals surface area contributed by atoms with Crippen molar-refractivity contribution in [2.45, 2.75) is 40.1 Å². The molecule has 0 N–H and O–H groups in total. The van der Waals surface area contributed by atoms with Gasteiger partial charge in [-0.2, -0.15) is 0 Å². The van der Waals surface area contributed by atoms with Crippen LogP contribution in [0.4, 0.5) is 17.6 Å². The first-order chi connectivity index (χ1) is 9.79. The quantitative estimate of drug-likeness (QED) is 0.369. The highest BCUT2D eigenvalue weighted by Gasteiger charge is 2.37. The summed E-state index contributed by atoms with van der Waals surface area (Å²) in [6, 6.07) is 0. The molecule has 0 fully saturated rings. The number of rotatable bonds is 4. The lowest BCUT2D eigenvalue weighted by atomic mass is 9.76. The Labute approximate surface area is 128 Å². The van der Waals surface area contributed by atoms with Crippen molar-refractivity contribution in [3.63, 3.8) is 0 Å². The highest BCUT2D eigenvalue weighted by molar-refractivity contribution is 6.31. The predicted molar refractivity (Wildman–Crippen MR) is 77.7 cm³/mol. The van der Waals surface area contributed by atoms with Crippen molar-refractivity contribution in [1.82, 2.24) is 0 Å². The van der Waals surface area contributed by atoms with Gasteiger partial charge in [-0.05, 0) is 19.3 Å². The predicted octanol–water partition coefficient (Wildman–Crippen LogP) is 3.15. The smallest absolute Gasteiger partial charge is 0.191 e. The number of hydrogen-bond donors (Lipinski definition) is 0. The largest absolute Gasteiger partial charge is 0.376 e. The molecule has 22 heavy (non-hydrogen) atoms. The maximum Gasteiger partial charge on any atom is 0.191 e. The number of carbonyl (C=O) groups excluding carboxylic acids is 1. The first-order valence-electron chi connectivity index (χ1n) is 6.81. The van der Waals surface area contributed by atoms with Crippen molar-refractivity contribution >= 4 is 13.6 Å². The van der Waals surface area contributed by atoms with Crippen LogP contribution in [0.5, 0.6) is 0 Å². The fraction of sp³-hybridized carbons (Fsp3) is 0.533. The molecular weight excluding hydrogens is 299 g/mol. The van der Waals surface area contributed by atoms with Crippen LogP contribution in [0.25, 0.3) is 0 Å². The third-order valence-corrected chi connectivity index (χ3v) is 3.12. The summed E-state index contributed by atoms with van der Waals surface area (Å²) in [4.78, 5) is 12.3. The minimum absolute atomic E-state index is 0.131. The highest BCUT2D eigenvalue weighted by atomic mass is 19.2. The molecule has 7 heteroatoms. The topological polar surface area (TPSA) is 26.3 Å². The molecule has 0 heterocycles. The van der Waals surface area contributed by atoms with Gasteiger partial charge in [0, 0.05) is 5.56 Å². The Kier molecular flexibility index (Phi) is 5.12. The fourth-order valence-corrected chi connectivity index (χ4v) is 1.70. The molecule has 0 amide bonds. The lowest BCUT2D eigenvalue weighted by molar-refractivity contribution is -0.000958. The number of ether oxygens (including phenoxy) is 1. The molecule has 0 saturated heterocycles. The number of Topliss-reactive ketones (excluding diaryl/α,β-unsaturated/α-hetero) is 1. The van der Waals surface area contributed by atoms with Gasteiger partial charge in [-0.3, -0.25) is 4.79 Å². The van der Waals surface area contributed by atoms with Crippen molar-refractivity contribution in [3.8, 4) is 0 Å². The van der Waals surface area contributed by atoms with Gasteiger partial charge in [0.1, 0.15) is 0 Å². The maximum atomic E-state index is 13.9. The summed E-state index contributed by atoms with van der Waals surface area (Å²) < 4.78 is 60.4. The Bertz CT molecular complexity index is 578. The summed E-state index contributed by atoms with van der Waals surface area (Å²) in [5.41, 5.74) is -3.97. The summed E-state index contributed by atoms with van der Waals surface area (Å²) in [5.74, 6) is -7.70. The minimum atomic E-state index is -1.70. The van der Waals surface area contributed by atoms with Crippen molar-refractivity contribution in [2.24, 2.45) is 5.41 Å². The normalized spacial score (nSPS) is 14.8. The van der Waals surface area contributed by atoms with Crippen LogP contribution >= 0.6 is 0 Å². The Balaban J connectivity index is 3.29. The van der Waals surface area contributed by atoms with E-state index in [2.05, 4.69) is 0 Å². The average Bonchev–Trinajstić information content (AvgIpc) is 2.40. The molecule has 1 aromatic carbocycles. The van der Waals surface area contributed by atoms with Crippen LogP contribution in [0.3, 0.4) is 0 Å². The fourth-order valence-electron chi connectivity index (χ4n) is 1.70. The second kappa shape index (κ2) is 6.03. The van der Waals surface area contributed by atoms with E-state index in [1.807, 2.05) is 20.8 Å². The van der Waals surface area contributed by atoms with Crippen LogP contribution in [0.2, 0.25) is 0 Å². The number of carbonyl (C=O) groups is 1. The van der Waals surface area contributed by atoms with Crippen LogP contribution in [0, 0.1) is 35.6 Å². The lowest BCUT2D eigenvalue weighted by Crippen LogP contribution is -2.42. The first kappa shape index (κ1) is 18.7. The molecule has 1 atom stereocenters. The van der Waals surface area contributed by atoms with Gasteiger partial charge in [-0.1, -0.05) is 20.8 Å². The lowest BCUT2D eigenvalue weighted by Gasteiger charge is -2.29.